The highest BCUT2D eigenvalue weighted by molar-refractivity contribution is 5.97. The Hall–Kier alpha value is -1.56. The molecule has 0 atom stereocenters. The smallest absolute Gasteiger partial charge is 0.406 e. The Morgan fingerprint density at radius 2 is 2.05 bits per heavy atom. The quantitative estimate of drug-likeness (QED) is 0.774. The van der Waals surface area contributed by atoms with E-state index in [1.807, 2.05) is 0 Å². The molecule has 1 aliphatic carbocycles. The molecule has 0 spiro atoms. The number of ketones is 1. The van der Waals surface area contributed by atoms with Crippen molar-refractivity contribution >= 4 is 5.78 Å². The molecular weight excluding hydrogens is 273 g/mol. The molecule has 3 nitrogen and oxygen atoms in total. The first-order chi connectivity index (χ1) is 9.34. The maximum absolute atomic E-state index is 12.1. The van der Waals surface area contributed by atoms with Crippen molar-refractivity contribution in [3.05, 3.63) is 29.8 Å². The van der Waals surface area contributed by atoms with E-state index in [2.05, 4.69) is 4.74 Å². The maximum Gasteiger partial charge on any atom is 0.573 e. The summed E-state index contributed by atoms with van der Waals surface area (Å²) in [6.07, 6.45) is -1.98. The van der Waals surface area contributed by atoms with Gasteiger partial charge in [0.2, 0.25) is 0 Å². The average Bonchev–Trinajstić information content (AvgIpc) is 2.32. The number of carbonyl (C=O) groups excluding carboxylic acids is 1. The molecule has 0 bridgehead atoms. The Labute approximate surface area is 114 Å². The Kier molecular flexibility index (Phi) is 4.04. The minimum atomic E-state index is -4.76. The lowest BCUT2D eigenvalue weighted by Crippen LogP contribution is -2.41. The van der Waals surface area contributed by atoms with Gasteiger partial charge < -0.3 is 9.47 Å². The molecule has 0 aliphatic heterocycles. The number of ether oxygens (including phenoxy) is 2. The highest BCUT2D eigenvalue weighted by atomic mass is 19.4. The van der Waals surface area contributed by atoms with Crippen LogP contribution in [0, 0.1) is 0 Å². The predicted molar refractivity (Wildman–Crippen MR) is 65.7 cm³/mol. The second-order valence-corrected chi connectivity index (χ2v) is 4.92. The molecule has 1 aromatic carbocycles. The first-order valence-electron chi connectivity index (χ1n) is 6.28. The van der Waals surface area contributed by atoms with Crippen LogP contribution in [0.1, 0.15) is 36.0 Å². The van der Waals surface area contributed by atoms with E-state index in [4.69, 9.17) is 4.74 Å². The Bertz CT molecular complexity index is 487. The molecule has 1 aliphatic rings. The third-order valence-electron chi connectivity index (χ3n) is 3.57. The van der Waals surface area contributed by atoms with Crippen LogP contribution in [0.2, 0.25) is 0 Å². The highest BCUT2D eigenvalue weighted by Gasteiger charge is 2.39. The number of rotatable bonds is 5. The standard InChI is InChI=1S/C14H15F3O3/c1-19-13(6-3-7-13)9-12(18)10-4-2-5-11(8-10)20-14(15,16)17/h2,4-5,8H,3,6-7,9H2,1H3. The Balaban J connectivity index is 2.08. The van der Waals surface area contributed by atoms with Gasteiger partial charge in [0, 0.05) is 19.1 Å². The largest absolute Gasteiger partial charge is 0.573 e. The van der Waals surface area contributed by atoms with Gasteiger partial charge in [0.05, 0.1) is 5.60 Å². The minimum absolute atomic E-state index is 0.180. The van der Waals surface area contributed by atoms with E-state index in [0.29, 0.717) is 0 Å². The van der Waals surface area contributed by atoms with Crippen molar-refractivity contribution in [2.75, 3.05) is 7.11 Å². The minimum Gasteiger partial charge on any atom is -0.406 e. The van der Waals surface area contributed by atoms with Crippen LogP contribution >= 0.6 is 0 Å². The van der Waals surface area contributed by atoms with E-state index in [9.17, 15) is 18.0 Å². The number of benzene rings is 1. The number of hydrogen-bond donors (Lipinski definition) is 0. The van der Waals surface area contributed by atoms with Crippen molar-refractivity contribution in [2.24, 2.45) is 0 Å². The van der Waals surface area contributed by atoms with Crippen LogP contribution in [0.5, 0.6) is 5.75 Å². The van der Waals surface area contributed by atoms with Gasteiger partial charge in [-0.3, -0.25) is 4.79 Å². The molecule has 0 unspecified atom stereocenters. The normalized spacial score (nSPS) is 17.4. The number of carbonyl (C=O) groups is 1. The summed E-state index contributed by atoms with van der Waals surface area (Å²) < 4.78 is 45.6. The zero-order valence-corrected chi connectivity index (χ0v) is 11.0. The van der Waals surface area contributed by atoms with Crippen LogP contribution in [0.25, 0.3) is 0 Å². The summed E-state index contributed by atoms with van der Waals surface area (Å²) in [6, 6.07) is 5.12. The number of methoxy groups -OCH3 is 1. The van der Waals surface area contributed by atoms with E-state index in [1.165, 1.54) is 18.2 Å². The lowest BCUT2D eigenvalue weighted by atomic mass is 9.76. The summed E-state index contributed by atoms with van der Waals surface area (Å²) >= 11 is 0. The fraction of sp³-hybridized carbons (Fsp3) is 0.500. The van der Waals surface area contributed by atoms with Crippen LogP contribution in [-0.2, 0) is 4.74 Å². The lowest BCUT2D eigenvalue weighted by Gasteiger charge is -2.40. The highest BCUT2D eigenvalue weighted by Crippen LogP contribution is 2.39. The van der Waals surface area contributed by atoms with Crippen molar-refractivity contribution < 1.29 is 27.4 Å². The second kappa shape index (κ2) is 5.44. The molecule has 0 amide bonds. The fourth-order valence-electron chi connectivity index (χ4n) is 2.29. The van der Waals surface area contributed by atoms with Gasteiger partial charge >= 0.3 is 6.36 Å². The molecule has 6 heteroatoms. The first-order valence-corrected chi connectivity index (χ1v) is 6.28. The van der Waals surface area contributed by atoms with Gasteiger partial charge in [-0.05, 0) is 31.4 Å². The lowest BCUT2D eigenvalue weighted by molar-refractivity contribution is -0.274. The van der Waals surface area contributed by atoms with Crippen LogP contribution in [0.15, 0.2) is 24.3 Å². The van der Waals surface area contributed by atoms with Crippen LogP contribution in [-0.4, -0.2) is 24.9 Å². The first kappa shape index (κ1) is 14.8. The molecule has 2 rings (SSSR count). The molecule has 20 heavy (non-hydrogen) atoms. The van der Waals surface area contributed by atoms with Crippen molar-refractivity contribution in [2.45, 2.75) is 37.6 Å². The van der Waals surface area contributed by atoms with Crippen LogP contribution in [0.4, 0.5) is 13.2 Å². The van der Waals surface area contributed by atoms with Gasteiger partial charge in [0.15, 0.2) is 5.78 Å². The molecule has 0 N–H and O–H groups in total. The van der Waals surface area contributed by atoms with Crippen LogP contribution < -0.4 is 4.74 Å². The molecule has 1 saturated carbocycles. The summed E-state index contributed by atoms with van der Waals surface area (Å²) in [5.41, 5.74) is -0.243. The molecule has 0 radical (unpaired) electrons. The summed E-state index contributed by atoms with van der Waals surface area (Å²) in [7, 11) is 1.55. The fourth-order valence-corrected chi connectivity index (χ4v) is 2.29. The zero-order chi connectivity index (χ0) is 14.8. The van der Waals surface area contributed by atoms with E-state index in [-0.39, 0.29) is 23.5 Å². The number of halogens is 3. The molecule has 110 valence electrons. The molecule has 1 fully saturated rings. The van der Waals surface area contributed by atoms with Gasteiger partial charge in [-0.1, -0.05) is 12.1 Å². The third-order valence-corrected chi connectivity index (χ3v) is 3.57. The summed E-state index contributed by atoms with van der Waals surface area (Å²) in [5.74, 6) is -0.623. The van der Waals surface area contributed by atoms with Crippen LogP contribution in [0.3, 0.4) is 0 Å². The van der Waals surface area contributed by atoms with Gasteiger partial charge in [-0.15, -0.1) is 13.2 Å². The number of Topliss-reactive ketones (excluding diaryl/α,β-unsaturated/α-hetero) is 1. The number of alkyl halides is 3. The second-order valence-electron chi connectivity index (χ2n) is 4.92. The predicted octanol–water partition coefficient (Wildman–Crippen LogP) is 3.73. The van der Waals surface area contributed by atoms with E-state index in [0.717, 1.165) is 25.3 Å². The van der Waals surface area contributed by atoms with E-state index < -0.39 is 12.0 Å². The van der Waals surface area contributed by atoms with Gasteiger partial charge in [0.25, 0.3) is 0 Å². The number of hydrogen-bond acceptors (Lipinski definition) is 3. The SMILES string of the molecule is COC1(CC(=O)c2cccc(OC(F)(F)F)c2)CCC1. The van der Waals surface area contributed by atoms with Crippen molar-refractivity contribution in [1.82, 2.24) is 0 Å². The molecule has 0 heterocycles. The molecule has 0 aromatic heterocycles. The monoisotopic (exact) mass is 288 g/mol. The summed E-state index contributed by atoms with van der Waals surface area (Å²) in [5, 5.41) is 0. The molecular formula is C14H15F3O3. The van der Waals surface area contributed by atoms with Gasteiger partial charge in [0.1, 0.15) is 5.75 Å². The van der Waals surface area contributed by atoms with E-state index in [1.54, 1.807) is 7.11 Å². The third kappa shape index (κ3) is 3.50. The van der Waals surface area contributed by atoms with E-state index >= 15 is 0 Å². The maximum atomic E-state index is 12.1. The van der Waals surface area contributed by atoms with Gasteiger partial charge in [-0.2, -0.15) is 0 Å². The Morgan fingerprint density at radius 3 is 2.55 bits per heavy atom. The summed E-state index contributed by atoms with van der Waals surface area (Å²) in [4.78, 5) is 12.1. The Morgan fingerprint density at radius 1 is 1.35 bits per heavy atom. The topological polar surface area (TPSA) is 35.5 Å². The van der Waals surface area contributed by atoms with Crippen molar-refractivity contribution in [1.29, 1.82) is 0 Å². The van der Waals surface area contributed by atoms with Crippen molar-refractivity contribution in [3.63, 3.8) is 0 Å². The summed E-state index contributed by atoms with van der Waals surface area (Å²) in [6.45, 7) is 0. The zero-order valence-electron chi connectivity index (χ0n) is 11.0. The molecule has 1 aromatic rings. The van der Waals surface area contributed by atoms with Crippen molar-refractivity contribution in [3.8, 4) is 5.75 Å². The average molecular weight is 288 g/mol. The van der Waals surface area contributed by atoms with Gasteiger partial charge in [-0.25, -0.2) is 0 Å². The molecule has 0 saturated heterocycles.